The van der Waals surface area contributed by atoms with Gasteiger partial charge in [0.15, 0.2) is 0 Å². The van der Waals surface area contributed by atoms with Gasteiger partial charge in [-0.25, -0.2) is 9.18 Å². The predicted molar refractivity (Wildman–Crippen MR) is 47.6 cm³/mol. The number of guanidine groups is 1. The van der Waals surface area contributed by atoms with Gasteiger partial charge in [0.2, 0.25) is 5.96 Å². The zero-order chi connectivity index (χ0) is 10.6. The Balaban J connectivity index is 2.70. The van der Waals surface area contributed by atoms with Crippen LogP contribution in [0.1, 0.15) is 10.4 Å². The van der Waals surface area contributed by atoms with Gasteiger partial charge in [0, 0.05) is 0 Å². The van der Waals surface area contributed by atoms with Crippen molar-refractivity contribution in [2.24, 2.45) is 16.6 Å². The molecular formula is C8H8FN3O2. The first kappa shape index (κ1) is 9.97. The topological polar surface area (TPSA) is 90.7 Å². The van der Waals surface area contributed by atoms with Crippen molar-refractivity contribution in [3.8, 4) is 0 Å². The lowest BCUT2D eigenvalue weighted by atomic mass is 10.2. The lowest BCUT2D eigenvalue weighted by molar-refractivity contribution is 0.0515. The van der Waals surface area contributed by atoms with Gasteiger partial charge >= 0.3 is 5.97 Å². The Morgan fingerprint density at radius 1 is 1.29 bits per heavy atom. The van der Waals surface area contributed by atoms with Crippen LogP contribution in [-0.4, -0.2) is 11.9 Å². The minimum absolute atomic E-state index is 0.163. The van der Waals surface area contributed by atoms with Crippen LogP contribution in [0, 0.1) is 5.82 Å². The molecule has 14 heavy (non-hydrogen) atoms. The molecule has 4 N–H and O–H groups in total. The Kier molecular flexibility index (Phi) is 3.01. The summed E-state index contributed by atoms with van der Waals surface area (Å²) in [6, 6.07) is 4.79. The van der Waals surface area contributed by atoms with E-state index in [2.05, 4.69) is 9.99 Å². The molecule has 0 unspecified atom stereocenters. The highest BCUT2D eigenvalue weighted by Gasteiger charge is 2.06. The number of rotatable bonds is 2. The van der Waals surface area contributed by atoms with Crippen LogP contribution in [0.5, 0.6) is 0 Å². The van der Waals surface area contributed by atoms with Crippen LogP contribution < -0.4 is 11.5 Å². The Hall–Kier alpha value is -2.11. The normalized spacial score (nSPS) is 9.21. The maximum absolute atomic E-state index is 12.4. The molecule has 0 aliphatic heterocycles. The van der Waals surface area contributed by atoms with Crippen molar-refractivity contribution in [3.63, 3.8) is 0 Å². The third kappa shape index (κ3) is 2.74. The van der Waals surface area contributed by atoms with Crippen LogP contribution in [0.25, 0.3) is 0 Å². The second kappa shape index (κ2) is 4.22. The van der Waals surface area contributed by atoms with Crippen LogP contribution in [-0.2, 0) is 4.84 Å². The molecule has 1 aromatic rings. The maximum Gasteiger partial charge on any atom is 0.365 e. The molecule has 74 valence electrons. The summed E-state index contributed by atoms with van der Waals surface area (Å²) < 4.78 is 12.4. The third-order valence-electron chi connectivity index (χ3n) is 1.31. The Morgan fingerprint density at radius 3 is 2.36 bits per heavy atom. The summed E-state index contributed by atoms with van der Waals surface area (Å²) in [6.07, 6.45) is 0. The summed E-state index contributed by atoms with van der Waals surface area (Å²) >= 11 is 0. The molecule has 0 aliphatic rings. The Bertz CT molecular complexity index is 357. The van der Waals surface area contributed by atoms with Gasteiger partial charge in [0.25, 0.3) is 0 Å². The lowest BCUT2D eigenvalue weighted by Crippen LogP contribution is -2.23. The van der Waals surface area contributed by atoms with Gasteiger partial charge in [-0.3, -0.25) is 0 Å². The van der Waals surface area contributed by atoms with Gasteiger partial charge in [0.05, 0.1) is 5.56 Å². The van der Waals surface area contributed by atoms with E-state index in [0.29, 0.717) is 0 Å². The Labute approximate surface area is 79.1 Å². The fourth-order valence-corrected chi connectivity index (χ4v) is 0.733. The summed E-state index contributed by atoms with van der Waals surface area (Å²) in [4.78, 5) is 15.4. The van der Waals surface area contributed by atoms with E-state index < -0.39 is 11.8 Å². The van der Waals surface area contributed by atoms with Gasteiger partial charge in [-0.1, -0.05) is 0 Å². The lowest BCUT2D eigenvalue weighted by Gasteiger charge is -1.97. The minimum atomic E-state index is -0.751. The van der Waals surface area contributed by atoms with Crippen molar-refractivity contribution in [1.29, 1.82) is 0 Å². The fraction of sp³-hybridized carbons (Fsp3) is 0. The number of nitrogens with two attached hydrogens (primary N) is 2. The number of benzene rings is 1. The smallest absolute Gasteiger partial charge is 0.365 e. The number of hydrogen-bond acceptors (Lipinski definition) is 3. The van der Waals surface area contributed by atoms with E-state index in [1.54, 1.807) is 0 Å². The molecule has 0 heterocycles. The number of hydrogen-bond donors (Lipinski definition) is 2. The monoisotopic (exact) mass is 197 g/mol. The standard InChI is InChI=1S/C8H8FN3O2/c9-6-3-1-5(2-4-6)7(13)14-12-8(10)11/h1-4H,(H4,10,11,12). The van der Waals surface area contributed by atoms with Gasteiger partial charge < -0.3 is 16.3 Å². The third-order valence-corrected chi connectivity index (χ3v) is 1.31. The molecule has 0 radical (unpaired) electrons. The summed E-state index contributed by atoms with van der Waals surface area (Å²) in [7, 11) is 0. The molecule has 0 bridgehead atoms. The SMILES string of the molecule is NC(N)=NOC(=O)c1ccc(F)cc1. The fourth-order valence-electron chi connectivity index (χ4n) is 0.733. The van der Waals surface area contributed by atoms with Crippen LogP contribution >= 0.6 is 0 Å². The average Bonchev–Trinajstić information content (AvgIpc) is 2.15. The molecule has 0 fully saturated rings. The van der Waals surface area contributed by atoms with Gasteiger partial charge in [-0.15, -0.1) is 0 Å². The predicted octanol–water partition coefficient (Wildman–Crippen LogP) is 0.171. The number of oxime groups is 1. The van der Waals surface area contributed by atoms with E-state index in [-0.39, 0.29) is 11.5 Å². The van der Waals surface area contributed by atoms with E-state index in [1.165, 1.54) is 12.1 Å². The van der Waals surface area contributed by atoms with Crippen LogP contribution in [0.2, 0.25) is 0 Å². The molecule has 5 nitrogen and oxygen atoms in total. The van der Waals surface area contributed by atoms with Gasteiger partial charge in [0.1, 0.15) is 5.82 Å². The average molecular weight is 197 g/mol. The van der Waals surface area contributed by atoms with Crippen molar-refractivity contribution in [2.75, 3.05) is 0 Å². The highest BCUT2D eigenvalue weighted by Crippen LogP contribution is 2.04. The van der Waals surface area contributed by atoms with Crippen LogP contribution in [0.15, 0.2) is 29.4 Å². The molecule has 6 heteroatoms. The molecule has 1 aromatic carbocycles. The molecule has 0 aliphatic carbocycles. The number of carbonyl (C=O) groups excluding carboxylic acids is 1. The van der Waals surface area contributed by atoms with Crippen LogP contribution in [0.3, 0.4) is 0 Å². The van der Waals surface area contributed by atoms with Crippen molar-refractivity contribution in [2.45, 2.75) is 0 Å². The molecule has 0 atom stereocenters. The zero-order valence-electron chi connectivity index (χ0n) is 7.11. The first-order valence-electron chi connectivity index (χ1n) is 3.65. The van der Waals surface area contributed by atoms with Gasteiger partial charge in [-0.05, 0) is 29.4 Å². The molecule has 0 amide bonds. The van der Waals surface area contributed by atoms with E-state index in [9.17, 15) is 9.18 Å². The van der Waals surface area contributed by atoms with Crippen LogP contribution in [0.4, 0.5) is 4.39 Å². The molecule has 0 saturated carbocycles. The molecule has 0 aromatic heterocycles. The first-order valence-corrected chi connectivity index (χ1v) is 3.65. The summed E-state index contributed by atoms with van der Waals surface area (Å²) in [6.45, 7) is 0. The van der Waals surface area contributed by atoms with E-state index >= 15 is 0 Å². The molecule has 0 saturated heterocycles. The van der Waals surface area contributed by atoms with Gasteiger partial charge in [-0.2, -0.15) is 0 Å². The van der Waals surface area contributed by atoms with E-state index in [4.69, 9.17) is 11.5 Å². The maximum atomic E-state index is 12.4. The minimum Gasteiger partial charge on any atom is -0.367 e. The quantitative estimate of drug-likeness (QED) is 0.306. The first-order chi connectivity index (χ1) is 6.59. The molecule has 0 spiro atoms. The van der Waals surface area contributed by atoms with Crippen molar-refractivity contribution in [3.05, 3.63) is 35.6 Å². The summed E-state index contributed by atoms with van der Waals surface area (Å²) in [5.74, 6) is -1.55. The van der Waals surface area contributed by atoms with Crippen molar-refractivity contribution < 1.29 is 14.0 Å². The number of halogens is 1. The highest BCUT2D eigenvalue weighted by atomic mass is 19.1. The van der Waals surface area contributed by atoms with Crippen molar-refractivity contribution >= 4 is 11.9 Å². The number of nitrogens with zero attached hydrogens (tertiary/aromatic N) is 1. The van der Waals surface area contributed by atoms with E-state index in [1.807, 2.05) is 0 Å². The number of carbonyl (C=O) groups is 1. The largest absolute Gasteiger partial charge is 0.367 e. The highest BCUT2D eigenvalue weighted by molar-refractivity contribution is 5.89. The molecule has 1 rings (SSSR count). The summed E-state index contributed by atoms with van der Waals surface area (Å²) in [5, 5.41) is 3.05. The zero-order valence-corrected chi connectivity index (χ0v) is 7.11. The summed E-state index contributed by atoms with van der Waals surface area (Å²) in [5.41, 5.74) is 10.0. The second-order valence-corrected chi connectivity index (χ2v) is 2.40. The molecular weight excluding hydrogens is 189 g/mol. The van der Waals surface area contributed by atoms with Crippen molar-refractivity contribution in [1.82, 2.24) is 0 Å². The second-order valence-electron chi connectivity index (χ2n) is 2.40. The van der Waals surface area contributed by atoms with E-state index in [0.717, 1.165) is 12.1 Å². The Morgan fingerprint density at radius 2 is 1.86 bits per heavy atom.